The summed E-state index contributed by atoms with van der Waals surface area (Å²) in [4.78, 5) is 0. The number of rotatable bonds is 5. The maximum absolute atomic E-state index is 14.2. The zero-order valence-corrected chi connectivity index (χ0v) is 13.4. The van der Waals surface area contributed by atoms with Crippen molar-refractivity contribution in [3.05, 3.63) is 50.1 Å². The van der Waals surface area contributed by atoms with E-state index >= 15 is 0 Å². The quantitative estimate of drug-likeness (QED) is 0.846. The van der Waals surface area contributed by atoms with Gasteiger partial charge < -0.3 is 10.1 Å². The Hall–Kier alpha value is -0.980. The van der Waals surface area contributed by atoms with E-state index in [0.717, 1.165) is 9.35 Å². The van der Waals surface area contributed by atoms with Gasteiger partial charge in [0.05, 0.1) is 16.9 Å². The molecule has 2 aromatic rings. The summed E-state index contributed by atoms with van der Waals surface area (Å²) in [5, 5.41) is 4.99. The highest BCUT2D eigenvalue weighted by Gasteiger charge is 2.23. The summed E-state index contributed by atoms with van der Waals surface area (Å²) in [6.45, 7) is 2.50. The molecule has 0 saturated carbocycles. The van der Waals surface area contributed by atoms with Crippen molar-refractivity contribution in [1.82, 2.24) is 5.32 Å². The van der Waals surface area contributed by atoms with Crippen molar-refractivity contribution in [2.75, 3.05) is 13.7 Å². The smallest absolute Gasteiger partial charge is 0.134 e. The lowest BCUT2D eigenvalue weighted by Gasteiger charge is -2.19. The Balaban J connectivity index is 2.49. The molecule has 0 aliphatic heterocycles. The van der Waals surface area contributed by atoms with Gasteiger partial charge in [-0.25, -0.2) is 8.78 Å². The van der Waals surface area contributed by atoms with Crippen LogP contribution in [0.5, 0.6) is 5.75 Å². The molecule has 1 heterocycles. The molecule has 1 aromatic carbocycles. The average Bonchev–Trinajstić information content (AvgIpc) is 2.83. The van der Waals surface area contributed by atoms with Crippen LogP contribution in [0.3, 0.4) is 0 Å². The first-order valence-electron chi connectivity index (χ1n) is 6.07. The molecule has 0 aliphatic carbocycles. The Bertz CT molecular complexity index is 580. The minimum atomic E-state index is -0.616. The monoisotopic (exact) mass is 361 g/mol. The Morgan fingerprint density at radius 1 is 1.30 bits per heavy atom. The predicted molar refractivity (Wildman–Crippen MR) is 80.4 cm³/mol. The summed E-state index contributed by atoms with van der Waals surface area (Å²) in [6, 6.07) is 3.74. The molecule has 1 atom stereocenters. The highest BCUT2D eigenvalue weighted by molar-refractivity contribution is 9.11. The third-order valence-corrected chi connectivity index (χ3v) is 4.43. The molecule has 0 radical (unpaired) electrons. The number of benzene rings is 1. The second kappa shape index (κ2) is 6.65. The normalized spacial score (nSPS) is 12.4. The number of halogens is 3. The van der Waals surface area contributed by atoms with Gasteiger partial charge >= 0.3 is 0 Å². The van der Waals surface area contributed by atoms with E-state index in [0.29, 0.717) is 6.54 Å². The van der Waals surface area contributed by atoms with E-state index < -0.39 is 17.7 Å². The van der Waals surface area contributed by atoms with Crippen LogP contribution in [0.15, 0.2) is 27.4 Å². The summed E-state index contributed by atoms with van der Waals surface area (Å²) >= 11 is 4.85. The van der Waals surface area contributed by atoms with Gasteiger partial charge in [0.25, 0.3) is 0 Å². The second-order valence-corrected chi connectivity index (χ2v) is 6.47. The van der Waals surface area contributed by atoms with Crippen LogP contribution in [-0.4, -0.2) is 13.7 Å². The maximum atomic E-state index is 14.2. The van der Waals surface area contributed by atoms with Gasteiger partial charge in [-0.2, -0.15) is 0 Å². The number of ether oxygens (including phenoxy) is 1. The number of nitrogens with one attached hydrogen (secondary N) is 1. The summed E-state index contributed by atoms with van der Waals surface area (Å²) in [6.07, 6.45) is 0. The van der Waals surface area contributed by atoms with Gasteiger partial charge in [0.15, 0.2) is 0 Å². The van der Waals surface area contributed by atoms with Crippen molar-refractivity contribution in [2.45, 2.75) is 13.0 Å². The standard InChI is InChI=1S/C14H14BrF2NOS/c1-3-18-14(8-4-12(15)20-7-8)13-10(16)5-9(19-2)6-11(13)17/h4-7,14,18H,3H2,1-2H3. The predicted octanol–water partition coefficient (Wildman–Crippen LogP) is 4.50. The van der Waals surface area contributed by atoms with E-state index in [1.54, 1.807) is 0 Å². The molecule has 20 heavy (non-hydrogen) atoms. The molecule has 1 N–H and O–H groups in total. The molecule has 0 spiro atoms. The fourth-order valence-electron chi connectivity index (χ4n) is 2.02. The summed E-state index contributed by atoms with van der Waals surface area (Å²) < 4.78 is 34.2. The van der Waals surface area contributed by atoms with E-state index in [1.807, 2.05) is 18.4 Å². The number of hydrogen-bond acceptors (Lipinski definition) is 3. The molecule has 0 fully saturated rings. The van der Waals surface area contributed by atoms with E-state index in [4.69, 9.17) is 4.74 Å². The first-order chi connectivity index (χ1) is 9.56. The minimum Gasteiger partial charge on any atom is -0.497 e. The third kappa shape index (κ3) is 3.19. The molecule has 0 bridgehead atoms. The molecule has 1 unspecified atom stereocenters. The first kappa shape index (κ1) is 15.4. The van der Waals surface area contributed by atoms with Crippen molar-refractivity contribution in [3.8, 4) is 5.75 Å². The lowest BCUT2D eigenvalue weighted by molar-refractivity contribution is 0.403. The fraction of sp³-hybridized carbons (Fsp3) is 0.286. The molecular weight excluding hydrogens is 348 g/mol. The van der Waals surface area contributed by atoms with Crippen molar-refractivity contribution in [3.63, 3.8) is 0 Å². The first-order valence-corrected chi connectivity index (χ1v) is 7.74. The molecule has 2 rings (SSSR count). The summed E-state index contributed by atoms with van der Waals surface area (Å²) in [7, 11) is 1.38. The van der Waals surface area contributed by atoms with Crippen LogP contribution >= 0.6 is 27.3 Å². The number of thiophene rings is 1. The molecule has 6 heteroatoms. The van der Waals surface area contributed by atoms with Crippen LogP contribution in [0.4, 0.5) is 8.78 Å². The minimum absolute atomic E-state index is 0.0120. The Kier molecular flexibility index (Phi) is 5.12. The fourth-order valence-corrected chi connectivity index (χ4v) is 3.22. The van der Waals surface area contributed by atoms with Gasteiger partial charge in [0, 0.05) is 17.7 Å². The van der Waals surface area contributed by atoms with Crippen LogP contribution in [0.1, 0.15) is 24.1 Å². The van der Waals surface area contributed by atoms with E-state index in [9.17, 15) is 8.78 Å². The maximum Gasteiger partial charge on any atom is 0.134 e. The molecular formula is C14H14BrF2NOS. The Morgan fingerprint density at radius 3 is 2.40 bits per heavy atom. The molecule has 0 amide bonds. The largest absolute Gasteiger partial charge is 0.497 e. The topological polar surface area (TPSA) is 21.3 Å². The third-order valence-electron chi connectivity index (χ3n) is 2.91. The van der Waals surface area contributed by atoms with E-state index in [2.05, 4.69) is 21.2 Å². The SMILES string of the molecule is CCNC(c1csc(Br)c1)c1c(F)cc(OC)cc1F. The van der Waals surface area contributed by atoms with Crippen LogP contribution in [-0.2, 0) is 0 Å². The molecule has 0 saturated heterocycles. The zero-order valence-electron chi connectivity index (χ0n) is 11.0. The van der Waals surface area contributed by atoms with Gasteiger partial charge in [-0.1, -0.05) is 6.92 Å². The second-order valence-electron chi connectivity index (χ2n) is 4.18. The highest BCUT2D eigenvalue weighted by Crippen LogP contribution is 2.33. The van der Waals surface area contributed by atoms with Crippen LogP contribution < -0.4 is 10.1 Å². The average molecular weight is 362 g/mol. The Morgan fingerprint density at radius 2 is 1.95 bits per heavy atom. The zero-order chi connectivity index (χ0) is 14.7. The van der Waals surface area contributed by atoms with E-state index in [-0.39, 0.29) is 11.3 Å². The van der Waals surface area contributed by atoms with Crippen LogP contribution in [0, 0.1) is 11.6 Å². The lowest BCUT2D eigenvalue weighted by atomic mass is 9.99. The van der Waals surface area contributed by atoms with Crippen molar-refractivity contribution in [2.24, 2.45) is 0 Å². The van der Waals surface area contributed by atoms with Gasteiger partial charge in [-0.05, 0) is 39.5 Å². The number of methoxy groups -OCH3 is 1. The van der Waals surface area contributed by atoms with Gasteiger partial charge in [0.2, 0.25) is 0 Å². The van der Waals surface area contributed by atoms with Crippen LogP contribution in [0.2, 0.25) is 0 Å². The lowest BCUT2D eigenvalue weighted by Crippen LogP contribution is -2.23. The molecule has 1 aromatic heterocycles. The van der Waals surface area contributed by atoms with Gasteiger partial charge in [-0.3, -0.25) is 0 Å². The van der Waals surface area contributed by atoms with Crippen molar-refractivity contribution < 1.29 is 13.5 Å². The summed E-state index contributed by atoms with van der Waals surface area (Å²) in [5.41, 5.74) is 0.838. The molecule has 0 aliphatic rings. The summed E-state index contributed by atoms with van der Waals surface area (Å²) in [5.74, 6) is -1.06. The van der Waals surface area contributed by atoms with E-state index in [1.165, 1.54) is 30.6 Å². The van der Waals surface area contributed by atoms with Crippen LogP contribution in [0.25, 0.3) is 0 Å². The van der Waals surface area contributed by atoms with Crippen molar-refractivity contribution in [1.29, 1.82) is 0 Å². The Labute approximate surface area is 128 Å². The highest BCUT2D eigenvalue weighted by atomic mass is 79.9. The molecule has 108 valence electrons. The van der Waals surface area contributed by atoms with Crippen molar-refractivity contribution >= 4 is 27.3 Å². The van der Waals surface area contributed by atoms with Gasteiger partial charge in [-0.15, -0.1) is 11.3 Å². The molecule has 2 nitrogen and oxygen atoms in total. The number of hydrogen-bond donors (Lipinski definition) is 1. The van der Waals surface area contributed by atoms with Gasteiger partial charge in [0.1, 0.15) is 17.4 Å².